The molecule has 1 N–H and O–H groups in total. The quantitative estimate of drug-likeness (QED) is 0.907. The van der Waals surface area contributed by atoms with E-state index in [0.29, 0.717) is 18.6 Å². The number of benzene rings is 2. The molecule has 2 aromatic carbocycles. The van der Waals surface area contributed by atoms with Crippen LogP contribution in [0.25, 0.3) is 0 Å². The largest absolute Gasteiger partial charge is 0.489 e. The van der Waals surface area contributed by atoms with Gasteiger partial charge in [0.15, 0.2) is 0 Å². The van der Waals surface area contributed by atoms with Gasteiger partial charge in [0.05, 0.1) is 0 Å². The highest BCUT2D eigenvalue weighted by Crippen LogP contribution is 2.42. The average molecular weight is 351 g/mol. The topological polar surface area (TPSA) is 24.5 Å². The second kappa shape index (κ2) is 7.42. The minimum absolute atomic E-state index is 0.201. The molecule has 138 valence electrons. The van der Waals surface area contributed by atoms with Crippen molar-refractivity contribution in [1.29, 1.82) is 0 Å². The molecule has 0 saturated carbocycles. The molecule has 2 saturated heterocycles. The zero-order valence-electron chi connectivity index (χ0n) is 15.9. The summed E-state index contributed by atoms with van der Waals surface area (Å²) >= 11 is 0. The number of rotatable bonds is 4. The predicted molar refractivity (Wildman–Crippen MR) is 107 cm³/mol. The van der Waals surface area contributed by atoms with E-state index >= 15 is 0 Å². The number of nitrogens with zero attached hydrogens (tertiary/aromatic N) is 1. The molecule has 0 aromatic heterocycles. The van der Waals surface area contributed by atoms with Crippen molar-refractivity contribution in [2.75, 3.05) is 26.2 Å². The molecule has 4 rings (SSSR count). The number of piperidine rings is 1. The smallest absolute Gasteiger partial charge is 0.120 e. The maximum Gasteiger partial charge on any atom is 0.120 e. The first kappa shape index (κ1) is 17.6. The first-order chi connectivity index (χ1) is 12.6. The normalized spacial score (nSPS) is 29.2. The van der Waals surface area contributed by atoms with Crippen LogP contribution in [-0.2, 0) is 12.0 Å². The molecule has 26 heavy (non-hydrogen) atoms. The molecule has 0 bridgehead atoms. The van der Waals surface area contributed by atoms with Crippen LogP contribution in [0, 0.1) is 5.92 Å². The van der Waals surface area contributed by atoms with Gasteiger partial charge in [-0.2, -0.15) is 0 Å². The second-order valence-corrected chi connectivity index (χ2v) is 8.18. The zero-order chi connectivity index (χ0) is 18.0. The Morgan fingerprint density at radius 3 is 2.85 bits per heavy atom. The number of nitrogens with one attached hydrogen (secondary N) is 1. The van der Waals surface area contributed by atoms with Gasteiger partial charge in [-0.05, 0) is 41.0 Å². The summed E-state index contributed by atoms with van der Waals surface area (Å²) in [5.74, 6) is 1.62. The molecular formula is C23H30N2O. The molecule has 0 amide bonds. The van der Waals surface area contributed by atoms with E-state index in [1.54, 1.807) is 0 Å². The summed E-state index contributed by atoms with van der Waals surface area (Å²) in [7, 11) is 0. The van der Waals surface area contributed by atoms with Gasteiger partial charge in [0, 0.05) is 32.2 Å². The summed E-state index contributed by atoms with van der Waals surface area (Å²) in [4.78, 5) is 2.68. The highest BCUT2D eigenvalue weighted by atomic mass is 16.5. The molecule has 2 aromatic rings. The minimum Gasteiger partial charge on any atom is -0.489 e. The molecule has 2 aliphatic rings. The van der Waals surface area contributed by atoms with Crippen molar-refractivity contribution >= 4 is 0 Å². The first-order valence-electron chi connectivity index (χ1n) is 9.87. The van der Waals surface area contributed by atoms with Crippen LogP contribution in [0.5, 0.6) is 5.75 Å². The van der Waals surface area contributed by atoms with Crippen molar-refractivity contribution < 1.29 is 4.74 Å². The maximum absolute atomic E-state index is 6.09. The average Bonchev–Trinajstić information content (AvgIpc) is 2.68. The molecular weight excluding hydrogens is 320 g/mol. The molecule has 0 aliphatic carbocycles. The molecule has 3 atom stereocenters. The molecule has 0 unspecified atom stereocenters. The Balaban J connectivity index is 1.51. The lowest BCUT2D eigenvalue weighted by Gasteiger charge is -2.51. The van der Waals surface area contributed by atoms with Crippen molar-refractivity contribution in [3.8, 4) is 5.75 Å². The lowest BCUT2D eigenvalue weighted by molar-refractivity contribution is 0.0391. The maximum atomic E-state index is 6.09. The third-order valence-corrected chi connectivity index (χ3v) is 6.47. The van der Waals surface area contributed by atoms with Gasteiger partial charge in [-0.1, -0.05) is 56.3 Å². The van der Waals surface area contributed by atoms with E-state index in [1.807, 2.05) is 6.07 Å². The first-order valence-corrected chi connectivity index (χ1v) is 9.87. The van der Waals surface area contributed by atoms with Crippen LogP contribution in [0.3, 0.4) is 0 Å². The van der Waals surface area contributed by atoms with Gasteiger partial charge in [-0.3, -0.25) is 4.90 Å². The van der Waals surface area contributed by atoms with E-state index in [2.05, 4.69) is 72.6 Å². The SMILES string of the molecule is C[C@H]1CN2CCNC[C@H]2C[C@@]1(C)c1cccc(OCc2ccccc2)c1. The molecule has 0 radical (unpaired) electrons. The fourth-order valence-electron chi connectivity index (χ4n) is 4.57. The number of ether oxygens (including phenoxy) is 1. The Bertz CT molecular complexity index is 732. The van der Waals surface area contributed by atoms with Crippen LogP contribution in [0.1, 0.15) is 31.4 Å². The Hall–Kier alpha value is -1.84. The predicted octanol–water partition coefficient (Wildman–Crippen LogP) is 3.84. The Kier molecular flexibility index (Phi) is 5.01. The van der Waals surface area contributed by atoms with Crippen LogP contribution in [0.4, 0.5) is 0 Å². The van der Waals surface area contributed by atoms with Crippen molar-refractivity contribution in [2.24, 2.45) is 5.92 Å². The fourth-order valence-corrected chi connectivity index (χ4v) is 4.57. The second-order valence-electron chi connectivity index (χ2n) is 8.18. The summed E-state index contributed by atoms with van der Waals surface area (Å²) in [5, 5.41) is 3.57. The number of fused-ring (bicyclic) bond motifs is 1. The highest BCUT2D eigenvalue weighted by Gasteiger charge is 2.43. The fraction of sp³-hybridized carbons (Fsp3) is 0.478. The lowest BCUT2D eigenvalue weighted by atomic mass is 9.65. The van der Waals surface area contributed by atoms with Gasteiger partial charge >= 0.3 is 0 Å². The van der Waals surface area contributed by atoms with Gasteiger partial charge in [0.1, 0.15) is 12.4 Å². The van der Waals surface area contributed by atoms with Crippen LogP contribution < -0.4 is 10.1 Å². The molecule has 2 fully saturated rings. The summed E-state index contributed by atoms with van der Waals surface area (Å²) in [6.45, 7) is 10.1. The van der Waals surface area contributed by atoms with Crippen molar-refractivity contribution in [3.63, 3.8) is 0 Å². The zero-order valence-corrected chi connectivity index (χ0v) is 15.9. The highest BCUT2D eigenvalue weighted by molar-refractivity contribution is 5.35. The van der Waals surface area contributed by atoms with Crippen molar-refractivity contribution in [3.05, 3.63) is 65.7 Å². The summed E-state index contributed by atoms with van der Waals surface area (Å²) in [6, 6.07) is 19.8. The van der Waals surface area contributed by atoms with E-state index < -0.39 is 0 Å². The van der Waals surface area contributed by atoms with Crippen molar-refractivity contribution in [1.82, 2.24) is 10.2 Å². The van der Waals surface area contributed by atoms with Crippen LogP contribution in [0.15, 0.2) is 54.6 Å². The van der Waals surface area contributed by atoms with Crippen LogP contribution in [-0.4, -0.2) is 37.1 Å². The molecule has 3 heteroatoms. The third-order valence-electron chi connectivity index (χ3n) is 6.47. The molecule has 0 spiro atoms. The van der Waals surface area contributed by atoms with Gasteiger partial charge in [0.2, 0.25) is 0 Å². The van der Waals surface area contributed by atoms with E-state index in [4.69, 9.17) is 4.74 Å². The Morgan fingerprint density at radius 1 is 1.15 bits per heavy atom. The van der Waals surface area contributed by atoms with E-state index in [1.165, 1.54) is 30.6 Å². The number of hydrogen-bond acceptors (Lipinski definition) is 3. The van der Waals surface area contributed by atoms with Crippen LogP contribution >= 0.6 is 0 Å². The standard InChI is InChI=1S/C23H30N2O/c1-18-16-25-12-11-24-15-21(25)14-23(18,2)20-9-6-10-22(13-20)26-17-19-7-4-3-5-8-19/h3-10,13,18,21,24H,11-12,14-17H2,1-2H3/t18-,21+,23+/m0/s1. The Morgan fingerprint density at radius 2 is 2.00 bits per heavy atom. The van der Waals surface area contributed by atoms with Crippen molar-refractivity contribution in [2.45, 2.75) is 38.3 Å². The van der Waals surface area contributed by atoms with Gasteiger partial charge in [-0.15, -0.1) is 0 Å². The molecule has 3 nitrogen and oxygen atoms in total. The number of hydrogen-bond donors (Lipinski definition) is 1. The van der Waals surface area contributed by atoms with Gasteiger partial charge in [-0.25, -0.2) is 0 Å². The number of piperazine rings is 1. The Labute approximate surface area is 157 Å². The summed E-state index contributed by atoms with van der Waals surface area (Å²) in [5.41, 5.74) is 2.83. The van der Waals surface area contributed by atoms with E-state index in [9.17, 15) is 0 Å². The summed E-state index contributed by atoms with van der Waals surface area (Å²) in [6.07, 6.45) is 1.21. The third kappa shape index (κ3) is 3.51. The summed E-state index contributed by atoms with van der Waals surface area (Å²) < 4.78 is 6.09. The minimum atomic E-state index is 0.201. The van der Waals surface area contributed by atoms with Gasteiger partial charge in [0.25, 0.3) is 0 Å². The van der Waals surface area contributed by atoms with Crippen LogP contribution in [0.2, 0.25) is 0 Å². The monoisotopic (exact) mass is 350 g/mol. The van der Waals surface area contributed by atoms with E-state index in [0.717, 1.165) is 18.8 Å². The molecule has 2 aliphatic heterocycles. The van der Waals surface area contributed by atoms with Gasteiger partial charge < -0.3 is 10.1 Å². The lowest BCUT2D eigenvalue weighted by Crippen LogP contribution is -2.60. The molecule has 2 heterocycles. The van der Waals surface area contributed by atoms with E-state index in [-0.39, 0.29) is 5.41 Å².